The van der Waals surface area contributed by atoms with Crippen LogP contribution in [-0.2, 0) is 43.2 Å². The van der Waals surface area contributed by atoms with E-state index in [4.69, 9.17) is 10.5 Å². The smallest absolute Gasteiger partial charge is 0.310 e. The molecule has 5 rings (SSSR count). The summed E-state index contributed by atoms with van der Waals surface area (Å²) in [5.41, 5.74) is 7.51. The molecule has 1 unspecified atom stereocenters. The predicted molar refractivity (Wildman–Crippen MR) is 156 cm³/mol. The lowest BCUT2D eigenvalue weighted by Gasteiger charge is -2.25. The topological polar surface area (TPSA) is 210 Å². The van der Waals surface area contributed by atoms with Crippen LogP contribution in [0.3, 0.4) is 0 Å². The number of nitrogens with one attached hydrogen (secondary N) is 3. The lowest BCUT2D eigenvalue weighted by atomic mass is 9.95. The summed E-state index contributed by atoms with van der Waals surface area (Å²) in [5.74, 6) is -3.49. The fourth-order valence-corrected chi connectivity index (χ4v) is 6.00. The molecule has 0 spiro atoms. The Labute approximate surface area is 253 Å². The maximum atomic E-state index is 13.6. The van der Waals surface area contributed by atoms with Crippen LogP contribution in [0.2, 0.25) is 0 Å². The number of phenolic OH excluding ortho intramolecular Hbond substituents is 1. The first-order valence-corrected chi connectivity index (χ1v) is 14.7. The van der Waals surface area contributed by atoms with Gasteiger partial charge < -0.3 is 36.4 Å². The van der Waals surface area contributed by atoms with E-state index in [0.717, 1.165) is 49.2 Å². The third-order valence-corrected chi connectivity index (χ3v) is 8.40. The molecule has 6 N–H and O–H groups in total. The molecule has 2 saturated heterocycles. The van der Waals surface area contributed by atoms with Crippen LogP contribution < -0.4 is 21.7 Å². The van der Waals surface area contributed by atoms with Gasteiger partial charge in [-0.3, -0.25) is 29.3 Å². The minimum atomic E-state index is -1.31. The standard InChI is InChI=1S/C30H36N6O8/c31-27(38)24(20-15-18-5-1-2-6-19(18)16-20)34-28(39)21(13-17-7-8-23(37)22(14-17)36(42)43)33-30(41)26-25(44-26)29(40)32-9-12-35-10-3-4-11-35/h1-2,5-8,14,20-21,24-26,37H,3-4,9-13,15-16H2,(H2,31,38)(H,32,40)(H,33,41)(H,34,39)/t21-,24-,25+,26?/m1/s1. The molecule has 4 amide bonds. The SMILES string of the molecule is NC(=O)[C@H](NC(=O)[C@@H](Cc1ccc(O)c([N+](=O)[O-])c1)NC(=O)C1O[C@@H]1C(=O)NCCN1CCCC1)C1Cc2ccccc2C1. The third-order valence-electron chi connectivity index (χ3n) is 8.40. The highest BCUT2D eigenvalue weighted by molar-refractivity contribution is 5.97. The summed E-state index contributed by atoms with van der Waals surface area (Å²) in [4.78, 5) is 64.6. The number of primary amides is 1. The summed E-state index contributed by atoms with van der Waals surface area (Å²) in [7, 11) is 0. The minimum absolute atomic E-state index is 0.214. The average molecular weight is 609 g/mol. The number of nitrogens with two attached hydrogens (primary N) is 1. The van der Waals surface area contributed by atoms with Crippen molar-refractivity contribution in [1.82, 2.24) is 20.9 Å². The number of hydrogen-bond donors (Lipinski definition) is 5. The molecule has 14 heteroatoms. The van der Waals surface area contributed by atoms with Gasteiger partial charge in [-0.15, -0.1) is 0 Å². The van der Waals surface area contributed by atoms with E-state index >= 15 is 0 Å². The molecule has 234 valence electrons. The van der Waals surface area contributed by atoms with Crippen molar-refractivity contribution in [3.8, 4) is 5.75 Å². The van der Waals surface area contributed by atoms with Gasteiger partial charge in [-0.25, -0.2) is 0 Å². The van der Waals surface area contributed by atoms with Crippen molar-refractivity contribution >= 4 is 29.3 Å². The number of epoxide rings is 1. The Balaban J connectivity index is 1.26. The Bertz CT molecular complexity index is 1420. The Morgan fingerprint density at radius 3 is 2.32 bits per heavy atom. The first-order chi connectivity index (χ1) is 21.1. The van der Waals surface area contributed by atoms with E-state index in [1.165, 1.54) is 6.07 Å². The number of carbonyl (C=O) groups is 4. The number of benzene rings is 2. The molecule has 44 heavy (non-hydrogen) atoms. The number of nitrogens with zero attached hydrogens (tertiary/aromatic N) is 2. The van der Waals surface area contributed by atoms with Gasteiger partial charge in [0.15, 0.2) is 18.0 Å². The Morgan fingerprint density at radius 2 is 1.68 bits per heavy atom. The predicted octanol–water partition coefficient (Wildman–Crippen LogP) is -0.308. The molecule has 3 aliphatic rings. The number of aromatic hydroxyl groups is 1. The minimum Gasteiger partial charge on any atom is -0.502 e. The maximum Gasteiger partial charge on any atom is 0.310 e. The molecule has 1 aliphatic carbocycles. The molecule has 0 bridgehead atoms. The van der Waals surface area contributed by atoms with E-state index in [9.17, 15) is 34.4 Å². The molecule has 2 fully saturated rings. The van der Waals surface area contributed by atoms with E-state index in [1.807, 2.05) is 24.3 Å². The van der Waals surface area contributed by atoms with Gasteiger partial charge in [-0.05, 0) is 67.4 Å². The van der Waals surface area contributed by atoms with Crippen molar-refractivity contribution in [2.75, 3.05) is 26.2 Å². The van der Waals surface area contributed by atoms with Gasteiger partial charge in [0, 0.05) is 25.6 Å². The average Bonchev–Trinajstić information content (AvgIpc) is 3.41. The van der Waals surface area contributed by atoms with Crippen molar-refractivity contribution in [2.45, 2.75) is 56.4 Å². The normalized spacial score (nSPS) is 20.7. The van der Waals surface area contributed by atoms with E-state index in [0.29, 0.717) is 25.9 Å². The number of hydrogen-bond acceptors (Lipinski definition) is 9. The molecule has 2 heterocycles. The molecule has 2 aromatic rings. The number of fused-ring (bicyclic) bond motifs is 1. The molecule has 0 saturated carbocycles. The first kappa shape index (κ1) is 30.9. The molecule has 0 radical (unpaired) electrons. The highest BCUT2D eigenvalue weighted by Gasteiger charge is 2.51. The molecule has 0 aromatic heterocycles. The molecular weight excluding hydrogens is 572 g/mol. The van der Waals surface area contributed by atoms with Crippen LogP contribution in [0.15, 0.2) is 42.5 Å². The molecule has 2 aromatic carbocycles. The number of phenols is 1. The van der Waals surface area contributed by atoms with Crippen molar-refractivity contribution in [1.29, 1.82) is 0 Å². The van der Waals surface area contributed by atoms with Gasteiger partial charge >= 0.3 is 5.69 Å². The zero-order valence-corrected chi connectivity index (χ0v) is 24.1. The van der Waals surface area contributed by atoms with Crippen LogP contribution in [0.1, 0.15) is 29.5 Å². The summed E-state index contributed by atoms with van der Waals surface area (Å²) >= 11 is 0. The fraction of sp³-hybridized carbons (Fsp3) is 0.467. The van der Waals surface area contributed by atoms with Crippen molar-refractivity contribution in [2.24, 2.45) is 11.7 Å². The van der Waals surface area contributed by atoms with Gasteiger partial charge in [-0.2, -0.15) is 0 Å². The molecule has 2 aliphatic heterocycles. The lowest BCUT2D eigenvalue weighted by Crippen LogP contribution is -2.56. The number of amides is 4. The van der Waals surface area contributed by atoms with Crippen molar-refractivity contribution < 1.29 is 33.9 Å². The number of likely N-dealkylation sites (tertiary alicyclic amines) is 1. The van der Waals surface area contributed by atoms with E-state index in [2.05, 4.69) is 20.9 Å². The quantitative estimate of drug-likeness (QED) is 0.115. The highest BCUT2D eigenvalue weighted by atomic mass is 16.6. The number of nitro groups is 1. The van der Waals surface area contributed by atoms with E-state index in [1.54, 1.807) is 0 Å². The summed E-state index contributed by atoms with van der Waals surface area (Å²) in [6, 6.07) is 8.94. The van der Waals surface area contributed by atoms with Gasteiger partial charge in [0.25, 0.3) is 11.8 Å². The summed E-state index contributed by atoms with van der Waals surface area (Å²) in [6.07, 6.45) is 0.954. The fourth-order valence-electron chi connectivity index (χ4n) is 6.00. The summed E-state index contributed by atoms with van der Waals surface area (Å²) in [5, 5.41) is 29.3. The third kappa shape index (κ3) is 7.32. The Hall–Kier alpha value is -4.56. The zero-order chi connectivity index (χ0) is 31.4. The highest BCUT2D eigenvalue weighted by Crippen LogP contribution is 2.30. The van der Waals surface area contributed by atoms with Crippen LogP contribution in [-0.4, -0.2) is 89.0 Å². The van der Waals surface area contributed by atoms with Crippen LogP contribution in [0.5, 0.6) is 5.75 Å². The maximum absolute atomic E-state index is 13.6. The second-order valence-corrected chi connectivity index (χ2v) is 11.5. The Morgan fingerprint density at radius 1 is 1.02 bits per heavy atom. The number of nitro benzene ring substituents is 1. The molecule has 14 nitrogen and oxygen atoms in total. The van der Waals surface area contributed by atoms with Crippen LogP contribution in [0.25, 0.3) is 0 Å². The van der Waals surface area contributed by atoms with Crippen LogP contribution >= 0.6 is 0 Å². The second kappa shape index (κ2) is 13.4. The van der Waals surface area contributed by atoms with E-state index < -0.39 is 64.3 Å². The zero-order valence-electron chi connectivity index (χ0n) is 24.1. The molecule has 4 atom stereocenters. The van der Waals surface area contributed by atoms with Crippen molar-refractivity contribution in [3.05, 3.63) is 69.3 Å². The summed E-state index contributed by atoms with van der Waals surface area (Å²) in [6.45, 7) is 3.08. The first-order valence-electron chi connectivity index (χ1n) is 14.7. The van der Waals surface area contributed by atoms with Gasteiger partial charge in [-0.1, -0.05) is 30.3 Å². The lowest BCUT2D eigenvalue weighted by molar-refractivity contribution is -0.385. The largest absolute Gasteiger partial charge is 0.502 e. The van der Waals surface area contributed by atoms with E-state index in [-0.39, 0.29) is 17.9 Å². The van der Waals surface area contributed by atoms with Crippen LogP contribution in [0.4, 0.5) is 5.69 Å². The summed E-state index contributed by atoms with van der Waals surface area (Å²) < 4.78 is 5.33. The van der Waals surface area contributed by atoms with Gasteiger partial charge in [0.05, 0.1) is 4.92 Å². The van der Waals surface area contributed by atoms with Gasteiger partial charge in [0.1, 0.15) is 12.1 Å². The van der Waals surface area contributed by atoms with Crippen molar-refractivity contribution in [3.63, 3.8) is 0 Å². The number of ether oxygens (including phenoxy) is 1. The number of carbonyl (C=O) groups excluding carboxylic acids is 4. The second-order valence-electron chi connectivity index (χ2n) is 11.5. The van der Waals surface area contributed by atoms with Gasteiger partial charge in [0.2, 0.25) is 11.8 Å². The monoisotopic (exact) mass is 608 g/mol. The van der Waals surface area contributed by atoms with Crippen LogP contribution in [0, 0.1) is 16.0 Å². The number of rotatable bonds is 13. The molecular formula is C30H36N6O8. The Kier molecular flexibility index (Phi) is 9.40.